The van der Waals surface area contributed by atoms with Gasteiger partial charge in [-0.1, -0.05) is 18.2 Å². The minimum Gasteiger partial charge on any atom is -0.478 e. The molecule has 2 atom stereocenters. The van der Waals surface area contributed by atoms with Crippen LogP contribution in [0.4, 0.5) is 4.39 Å². The second kappa shape index (κ2) is 4.84. The van der Waals surface area contributed by atoms with Gasteiger partial charge in [-0.25, -0.2) is 9.18 Å². The standard InChI is InChI=1S/C13H16FNO2/c1-15-7-6-9(14)8-12(15)10-4-2-3-5-11(10)13(16)17/h2-5,9,12H,6-8H2,1H3,(H,16,17). The summed E-state index contributed by atoms with van der Waals surface area (Å²) in [5.74, 6) is -0.949. The highest BCUT2D eigenvalue weighted by Gasteiger charge is 2.29. The van der Waals surface area contributed by atoms with Gasteiger partial charge in [0.15, 0.2) is 0 Å². The summed E-state index contributed by atoms with van der Waals surface area (Å²) < 4.78 is 13.5. The molecule has 17 heavy (non-hydrogen) atoms. The summed E-state index contributed by atoms with van der Waals surface area (Å²) in [6, 6.07) is 6.72. The number of piperidine rings is 1. The fourth-order valence-electron chi connectivity index (χ4n) is 2.39. The fourth-order valence-corrected chi connectivity index (χ4v) is 2.39. The van der Waals surface area contributed by atoms with Crippen molar-refractivity contribution in [3.8, 4) is 0 Å². The second-order valence-electron chi connectivity index (χ2n) is 4.51. The number of hydrogen-bond acceptors (Lipinski definition) is 2. The van der Waals surface area contributed by atoms with Gasteiger partial charge in [0.2, 0.25) is 0 Å². The van der Waals surface area contributed by atoms with Crippen LogP contribution in [-0.4, -0.2) is 35.7 Å². The van der Waals surface area contributed by atoms with Crippen LogP contribution in [0.15, 0.2) is 24.3 Å². The topological polar surface area (TPSA) is 40.5 Å². The Morgan fingerprint density at radius 3 is 2.88 bits per heavy atom. The van der Waals surface area contributed by atoms with E-state index in [0.717, 1.165) is 0 Å². The molecule has 0 saturated carbocycles. The molecule has 2 rings (SSSR count). The first kappa shape index (κ1) is 12.0. The number of carbonyl (C=O) groups is 1. The number of aromatic carboxylic acids is 1. The first-order chi connectivity index (χ1) is 8.09. The minimum absolute atomic E-state index is 0.133. The lowest BCUT2D eigenvalue weighted by Crippen LogP contribution is -2.35. The average Bonchev–Trinajstić information content (AvgIpc) is 2.32. The maximum atomic E-state index is 13.5. The van der Waals surface area contributed by atoms with E-state index in [4.69, 9.17) is 5.11 Å². The smallest absolute Gasteiger partial charge is 0.336 e. The third-order valence-electron chi connectivity index (χ3n) is 3.36. The van der Waals surface area contributed by atoms with Crippen LogP contribution in [0, 0.1) is 0 Å². The van der Waals surface area contributed by atoms with Gasteiger partial charge in [-0.3, -0.25) is 4.90 Å². The summed E-state index contributed by atoms with van der Waals surface area (Å²) in [6.45, 7) is 0.666. The number of carboxylic acid groups (broad SMARTS) is 1. The molecule has 0 aromatic heterocycles. The predicted octanol–water partition coefficient (Wildman–Crippen LogP) is 2.49. The zero-order valence-corrected chi connectivity index (χ0v) is 9.77. The van der Waals surface area contributed by atoms with E-state index in [1.165, 1.54) is 0 Å². The SMILES string of the molecule is CN1CCC(F)CC1c1ccccc1C(=O)O. The van der Waals surface area contributed by atoms with E-state index in [9.17, 15) is 9.18 Å². The Morgan fingerprint density at radius 2 is 2.18 bits per heavy atom. The van der Waals surface area contributed by atoms with Gasteiger partial charge in [-0.2, -0.15) is 0 Å². The van der Waals surface area contributed by atoms with Crippen LogP contribution < -0.4 is 0 Å². The molecular weight excluding hydrogens is 221 g/mol. The van der Waals surface area contributed by atoms with Crippen LogP contribution in [0.1, 0.15) is 34.8 Å². The molecule has 92 valence electrons. The van der Waals surface area contributed by atoms with Gasteiger partial charge in [-0.15, -0.1) is 0 Å². The molecule has 0 bridgehead atoms. The Balaban J connectivity index is 2.35. The second-order valence-corrected chi connectivity index (χ2v) is 4.51. The highest BCUT2D eigenvalue weighted by Crippen LogP contribution is 2.32. The fraction of sp³-hybridized carbons (Fsp3) is 0.462. The number of halogens is 1. The number of hydrogen-bond donors (Lipinski definition) is 1. The van der Waals surface area contributed by atoms with E-state index in [0.29, 0.717) is 24.9 Å². The number of rotatable bonds is 2. The lowest BCUT2D eigenvalue weighted by Gasteiger charge is -2.35. The van der Waals surface area contributed by atoms with E-state index in [1.54, 1.807) is 24.3 Å². The van der Waals surface area contributed by atoms with E-state index in [2.05, 4.69) is 0 Å². The maximum absolute atomic E-state index is 13.5. The molecule has 0 spiro atoms. The summed E-state index contributed by atoms with van der Waals surface area (Å²) in [7, 11) is 1.91. The molecule has 1 fully saturated rings. The quantitative estimate of drug-likeness (QED) is 0.859. The molecule has 1 heterocycles. The van der Waals surface area contributed by atoms with Crippen LogP contribution in [0.5, 0.6) is 0 Å². The van der Waals surface area contributed by atoms with Gasteiger partial charge in [-0.05, 0) is 31.5 Å². The summed E-state index contributed by atoms with van der Waals surface area (Å²) >= 11 is 0. The van der Waals surface area contributed by atoms with Gasteiger partial charge in [0.25, 0.3) is 0 Å². The van der Waals surface area contributed by atoms with Crippen molar-refractivity contribution in [3.05, 3.63) is 35.4 Å². The minimum atomic E-state index is -0.949. The Labute approximate surface area is 99.9 Å². The highest BCUT2D eigenvalue weighted by atomic mass is 19.1. The van der Waals surface area contributed by atoms with Crippen LogP contribution in [0.2, 0.25) is 0 Å². The van der Waals surface area contributed by atoms with Crippen LogP contribution in [-0.2, 0) is 0 Å². The van der Waals surface area contributed by atoms with Crippen molar-refractivity contribution in [1.82, 2.24) is 4.90 Å². The predicted molar refractivity (Wildman–Crippen MR) is 62.9 cm³/mol. The van der Waals surface area contributed by atoms with Crippen molar-refractivity contribution >= 4 is 5.97 Å². The van der Waals surface area contributed by atoms with Crippen molar-refractivity contribution < 1.29 is 14.3 Å². The lowest BCUT2D eigenvalue weighted by atomic mass is 9.91. The zero-order chi connectivity index (χ0) is 12.4. The molecule has 0 aliphatic carbocycles. The van der Waals surface area contributed by atoms with Crippen LogP contribution in [0.3, 0.4) is 0 Å². The van der Waals surface area contributed by atoms with E-state index in [1.807, 2.05) is 11.9 Å². The third-order valence-corrected chi connectivity index (χ3v) is 3.36. The average molecular weight is 237 g/mol. The van der Waals surface area contributed by atoms with Crippen molar-refractivity contribution in [2.45, 2.75) is 25.1 Å². The highest BCUT2D eigenvalue weighted by molar-refractivity contribution is 5.89. The monoisotopic (exact) mass is 237 g/mol. The Morgan fingerprint density at radius 1 is 1.47 bits per heavy atom. The molecule has 0 radical (unpaired) electrons. The molecule has 1 aromatic carbocycles. The van der Waals surface area contributed by atoms with Crippen LogP contribution in [0.25, 0.3) is 0 Å². The third kappa shape index (κ3) is 2.47. The number of alkyl halides is 1. The number of carboxylic acids is 1. The molecule has 1 aliphatic rings. The van der Waals surface area contributed by atoms with Gasteiger partial charge >= 0.3 is 5.97 Å². The summed E-state index contributed by atoms with van der Waals surface area (Å²) in [6.07, 6.45) is 0.0706. The van der Waals surface area contributed by atoms with Gasteiger partial charge in [0.1, 0.15) is 6.17 Å². The van der Waals surface area contributed by atoms with Gasteiger partial charge in [0, 0.05) is 12.6 Å². The van der Waals surface area contributed by atoms with Crippen molar-refractivity contribution in [1.29, 1.82) is 0 Å². The number of benzene rings is 1. The van der Waals surface area contributed by atoms with Crippen LogP contribution >= 0.6 is 0 Å². The van der Waals surface area contributed by atoms with Crippen molar-refractivity contribution in [2.24, 2.45) is 0 Å². The lowest BCUT2D eigenvalue weighted by molar-refractivity contribution is 0.0685. The summed E-state index contributed by atoms with van der Waals surface area (Å²) in [5, 5.41) is 9.14. The summed E-state index contributed by atoms with van der Waals surface area (Å²) in [4.78, 5) is 13.2. The molecule has 3 nitrogen and oxygen atoms in total. The van der Waals surface area contributed by atoms with Gasteiger partial charge in [0.05, 0.1) is 5.56 Å². The molecule has 2 unspecified atom stereocenters. The molecule has 1 aromatic rings. The largest absolute Gasteiger partial charge is 0.478 e. The van der Waals surface area contributed by atoms with E-state index in [-0.39, 0.29) is 11.6 Å². The summed E-state index contributed by atoms with van der Waals surface area (Å²) in [5.41, 5.74) is 0.989. The molecule has 0 amide bonds. The first-order valence-corrected chi connectivity index (χ1v) is 5.76. The molecule has 4 heteroatoms. The Hall–Kier alpha value is -1.42. The van der Waals surface area contributed by atoms with E-state index >= 15 is 0 Å². The first-order valence-electron chi connectivity index (χ1n) is 5.76. The normalized spacial score (nSPS) is 25.8. The Bertz CT molecular complexity index is 422. The molecule has 1 aliphatic heterocycles. The molecule has 1 saturated heterocycles. The van der Waals surface area contributed by atoms with E-state index < -0.39 is 12.1 Å². The van der Waals surface area contributed by atoms with Crippen molar-refractivity contribution in [2.75, 3.05) is 13.6 Å². The number of nitrogens with zero attached hydrogens (tertiary/aromatic N) is 1. The number of likely N-dealkylation sites (tertiary alicyclic amines) is 1. The molecular formula is C13H16FNO2. The van der Waals surface area contributed by atoms with Gasteiger partial charge < -0.3 is 5.11 Å². The zero-order valence-electron chi connectivity index (χ0n) is 9.77. The van der Waals surface area contributed by atoms with Crippen molar-refractivity contribution in [3.63, 3.8) is 0 Å². The maximum Gasteiger partial charge on any atom is 0.336 e. The molecule has 1 N–H and O–H groups in total. The Kier molecular flexibility index (Phi) is 3.43.